The van der Waals surface area contributed by atoms with Gasteiger partial charge >= 0.3 is 6.18 Å². The van der Waals surface area contributed by atoms with Gasteiger partial charge in [0.05, 0.1) is 0 Å². The first kappa shape index (κ1) is 15.5. The van der Waals surface area contributed by atoms with Crippen LogP contribution >= 0.6 is 0 Å². The summed E-state index contributed by atoms with van der Waals surface area (Å²) in [7, 11) is 0. The number of hydrogen-bond acceptors (Lipinski definition) is 2. The van der Waals surface area contributed by atoms with Crippen LogP contribution < -0.4 is 0 Å². The molecule has 1 aromatic rings. The van der Waals surface area contributed by atoms with Crippen molar-refractivity contribution in [1.82, 2.24) is 4.98 Å². The molecule has 1 heterocycles. The van der Waals surface area contributed by atoms with Crippen LogP contribution in [0.1, 0.15) is 36.3 Å². The number of Topliss-reactive ketones (excluding diaryl/α,β-unsaturated/α-hetero) is 1. The van der Waals surface area contributed by atoms with Crippen LogP contribution in [0, 0.1) is 5.92 Å². The van der Waals surface area contributed by atoms with E-state index < -0.39 is 11.7 Å². The highest BCUT2D eigenvalue weighted by Gasteiger charge is 2.37. The van der Waals surface area contributed by atoms with Crippen molar-refractivity contribution in [1.29, 1.82) is 0 Å². The quantitative estimate of drug-likeness (QED) is 0.779. The molecule has 2 rings (SSSR count). The van der Waals surface area contributed by atoms with E-state index in [0.29, 0.717) is 11.3 Å². The number of pyridine rings is 1. The summed E-state index contributed by atoms with van der Waals surface area (Å²) >= 11 is 0. The summed E-state index contributed by atoms with van der Waals surface area (Å²) in [6.45, 7) is 3.17. The molecular formula is C16H16F3NO. The van der Waals surface area contributed by atoms with Gasteiger partial charge in [-0.2, -0.15) is 13.2 Å². The Bertz CT molecular complexity index is 597. The van der Waals surface area contributed by atoms with Crippen LogP contribution in [0.15, 0.2) is 41.6 Å². The zero-order chi connectivity index (χ0) is 15.6. The second-order valence-electron chi connectivity index (χ2n) is 5.33. The number of rotatable bonds is 3. The number of ketones is 1. The molecule has 1 aliphatic rings. The molecule has 1 unspecified atom stereocenters. The summed E-state index contributed by atoms with van der Waals surface area (Å²) in [5.74, 6) is -0.272. The van der Waals surface area contributed by atoms with Crippen LogP contribution in [0.25, 0.3) is 0 Å². The zero-order valence-electron chi connectivity index (χ0n) is 11.9. The lowest BCUT2D eigenvalue weighted by atomic mass is 9.87. The molecule has 0 aliphatic heterocycles. The maximum atomic E-state index is 13.1. The average Bonchev–Trinajstić information content (AvgIpc) is 2.40. The molecule has 1 aliphatic carbocycles. The molecule has 0 saturated carbocycles. The zero-order valence-corrected chi connectivity index (χ0v) is 11.9. The summed E-state index contributed by atoms with van der Waals surface area (Å²) in [6.07, 6.45) is 0.681. The highest BCUT2D eigenvalue weighted by atomic mass is 19.4. The van der Waals surface area contributed by atoms with E-state index >= 15 is 0 Å². The van der Waals surface area contributed by atoms with Crippen molar-refractivity contribution in [3.63, 3.8) is 0 Å². The smallest absolute Gasteiger partial charge is 0.293 e. The van der Waals surface area contributed by atoms with E-state index in [9.17, 15) is 18.0 Å². The lowest BCUT2D eigenvalue weighted by molar-refractivity contribution is -0.0957. The number of nitrogens with zero attached hydrogens (tertiary/aromatic N) is 1. The SMILES string of the molecule is CC(=O)c1ccc(CC2=C(C(F)(F)F)CC(C)C=C2)cn1. The Morgan fingerprint density at radius 2 is 2.10 bits per heavy atom. The van der Waals surface area contributed by atoms with E-state index in [0.717, 1.165) is 0 Å². The van der Waals surface area contributed by atoms with E-state index in [-0.39, 0.29) is 30.1 Å². The molecular weight excluding hydrogens is 279 g/mol. The third-order valence-corrected chi connectivity index (χ3v) is 3.46. The lowest BCUT2D eigenvalue weighted by Gasteiger charge is -2.22. The van der Waals surface area contributed by atoms with Crippen molar-refractivity contribution in [2.24, 2.45) is 5.92 Å². The van der Waals surface area contributed by atoms with Gasteiger partial charge < -0.3 is 0 Å². The van der Waals surface area contributed by atoms with Crippen molar-refractivity contribution in [2.75, 3.05) is 0 Å². The molecule has 0 spiro atoms. The second kappa shape index (κ2) is 5.84. The highest BCUT2D eigenvalue weighted by molar-refractivity contribution is 5.91. The number of carbonyl (C=O) groups is 1. The largest absolute Gasteiger partial charge is 0.412 e. The molecule has 0 amide bonds. The topological polar surface area (TPSA) is 30.0 Å². The van der Waals surface area contributed by atoms with Gasteiger partial charge in [0.2, 0.25) is 0 Å². The number of hydrogen-bond donors (Lipinski definition) is 0. The number of allylic oxidation sites excluding steroid dienone is 4. The molecule has 0 saturated heterocycles. The predicted molar refractivity (Wildman–Crippen MR) is 73.9 cm³/mol. The third kappa shape index (κ3) is 3.80. The molecule has 2 nitrogen and oxygen atoms in total. The molecule has 0 N–H and O–H groups in total. The average molecular weight is 295 g/mol. The van der Waals surface area contributed by atoms with Crippen molar-refractivity contribution < 1.29 is 18.0 Å². The minimum atomic E-state index is -4.30. The van der Waals surface area contributed by atoms with Crippen LogP contribution in [-0.4, -0.2) is 16.9 Å². The molecule has 0 aromatic carbocycles. The minimum absolute atomic E-state index is 0.00823. The Hall–Kier alpha value is -1.91. The van der Waals surface area contributed by atoms with E-state index in [1.54, 1.807) is 31.2 Å². The first-order valence-corrected chi connectivity index (χ1v) is 6.70. The number of alkyl halides is 3. The molecule has 5 heteroatoms. The Balaban J connectivity index is 2.27. The van der Waals surface area contributed by atoms with Crippen LogP contribution in [-0.2, 0) is 6.42 Å². The standard InChI is InChI=1S/C16H16F3NO/c1-10-3-5-13(14(7-10)16(17,18)19)8-12-4-6-15(11(2)21)20-9-12/h3-6,9-10H,7-8H2,1-2H3. The van der Waals surface area contributed by atoms with Gasteiger partial charge in [-0.15, -0.1) is 0 Å². The highest BCUT2D eigenvalue weighted by Crippen LogP contribution is 2.37. The first-order chi connectivity index (χ1) is 9.77. The van der Waals surface area contributed by atoms with E-state index in [2.05, 4.69) is 4.98 Å². The molecule has 1 aromatic heterocycles. The van der Waals surface area contributed by atoms with Gasteiger partial charge in [-0.3, -0.25) is 9.78 Å². The predicted octanol–water partition coefficient (Wildman–Crippen LogP) is 4.28. The molecule has 112 valence electrons. The fraction of sp³-hybridized carbons (Fsp3) is 0.375. The lowest BCUT2D eigenvalue weighted by Crippen LogP contribution is -2.19. The number of aromatic nitrogens is 1. The molecule has 1 atom stereocenters. The molecule has 21 heavy (non-hydrogen) atoms. The summed E-state index contributed by atoms with van der Waals surface area (Å²) in [5.41, 5.74) is 0.790. The van der Waals surface area contributed by atoms with Crippen molar-refractivity contribution >= 4 is 5.78 Å². The Morgan fingerprint density at radius 1 is 1.38 bits per heavy atom. The third-order valence-electron chi connectivity index (χ3n) is 3.46. The maximum absolute atomic E-state index is 13.1. The summed E-state index contributed by atoms with van der Waals surface area (Å²) in [6, 6.07) is 3.19. The van der Waals surface area contributed by atoms with Crippen LogP contribution in [0.5, 0.6) is 0 Å². The summed E-state index contributed by atoms with van der Waals surface area (Å²) in [5, 5.41) is 0. The van der Waals surface area contributed by atoms with Gasteiger partial charge in [0.15, 0.2) is 5.78 Å². The van der Waals surface area contributed by atoms with Crippen molar-refractivity contribution in [2.45, 2.75) is 32.9 Å². The van der Waals surface area contributed by atoms with E-state index in [4.69, 9.17) is 0 Å². The molecule has 0 radical (unpaired) electrons. The van der Waals surface area contributed by atoms with Crippen molar-refractivity contribution in [3.8, 4) is 0 Å². The van der Waals surface area contributed by atoms with Gasteiger partial charge in [0.1, 0.15) is 5.69 Å². The van der Waals surface area contributed by atoms with Gasteiger partial charge in [-0.1, -0.05) is 25.1 Å². The monoisotopic (exact) mass is 295 g/mol. The minimum Gasteiger partial charge on any atom is -0.293 e. The number of halogens is 3. The van der Waals surface area contributed by atoms with Crippen LogP contribution in [0.3, 0.4) is 0 Å². The second-order valence-corrected chi connectivity index (χ2v) is 5.33. The fourth-order valence-electron chi connectivity index (χ4n) is 2.32. The fourth-order valence-corrected chi connectivity index (χ4v) is 2.32. The number of carbonyl (C=O) groups excluding carboxylic acids is 1. The Kier molecular flexibility index (Phi) is 4.30. The van der Waals surface area contributed by atoms with Crippen molar-refractivity contribution in [3.05, 3.63) is 52.9 Å². The van der Waals surface area contributed by atoms with E-state index in [1.807, 2.05) is 0 Å². The molecule has 0 fully saturated rings. The normalized spacial score (nSPS) is 19.0. The molecule has 0 bridgehead atoms. The maximum Gasteiger partial charge on any atom is 0.412 e. The van der Waals surface area contributed by atoms with E-state index in [1.165, 1.54) is 13.1 Å². The van der Waals surface area contributed by atoms with Gasteiger partial charge in [0.25, 0.3) is 0 Å². The summed E-state index contributed by atoms with van der Waals surface area (Å²) in [4.78, 5) is 15.1. The van der Waals surface area contributed by atoms with Gasteiger partial charge in [0, 0.05) is 18.7 Å². The Labute approximate surface area is 121 Å². The first-order valence-electron chi connectivity index (χ1n) is 6.70. The van der Waals surface area contributed by atoms with Crippen LogP contribution in [0.2, 0.25) is 0 Å². The van der Waals surface area contributed by atoms with Gasteiger partial charge in [-0.25, -0.2) is 0 Å². The Morgan fingerprint density at radius 3 is 2.62 bits per heavy atom. The van der Waals surface area contributed by atoms with Gasteiger partial charge in [-0.05, 0) is 36.0 Å². The summed E-state index contributed by atoms with van der Waals surface area (Å²) < 4.78 is 39.3. The van der Waals surface area contributed by atoms with Crippen LogP contribution in [0.4, 0.5) is 13.2 Å².